The molecule has 0 radical (unpaired) electrons. The average molecular weight is 559 g/mol. The minimum atomic E-state index is -4.57. The average Bonchev–Trinajstić information content (AvgIpc) is 3.03. The van der Waals surface area contributed by atoms with E-state index >= 15 is 0 Å². The van der Waals surface area contributed by atoms with Crippen LogP contribution in [0, 0.1) is 5.92 Å². The van der Waals surface area contributed by atoms with Crippen LogP contribution in [0.2, 0.25) is 0 Å². The van der Waals surface area contributed by atoms with Crippen LogP contribution in [0.3, 0.4) is 0 Å². The zero-order chi connectivity index (χ0) is 24.7. The van der Waals surface area contributed by atoms with Crippen molar-refractivity contribution in [2.75, 3.05) is 0 Å². The third kappa shape index (κ3) is 4.84. The zero-order valence-electron chi connectivity index (χ0n) is 22.6. The van der Waals surface area contributed by atoms with Gasteiger partial charge in [-0.3, -0.25) is 0 Å². The van der Waals surface area contributed by atoms with E-state index in [9.17, 15) is 0 Å². The van der Waals surface area contributed by atoms with Crippen molar-refractivity contribution in [3.05, 3.63) is 111 Å². The van der Waals surface area contributed by atoms with E-state index in [2.05, 4.69) is 133 Å². The Labute approximate surface area is 231 Å². The molecule has 4 heteroatoms. The molecule has 3 aromatic rings. The summed E-state index contributed by atoms with van der Waals surface area (Å²) in [5.74, 6) is 1.18. The topological polar surface area (TPSA) is 9.23 Å². The molecule has 1 aliphatic carbocycles. The van der Waals surface area contributed by atoms with Crippen molar-refractivity contribution in [3.8, 4) is 5.75 Å². The monoisotopic (exact) mass is 558 g/mol. The van der Waals surface area contributed by atoms with Crippen molar-refractivity contribution in [1.29, 1.82) is 0 Å². The van der Waals surface area contributed by atoms with E-state index in [1.807, 2.05) is 0 Å². The summed E-state index contributed by atoms with van der Waals surface area (Å²) in [6.07, 6.45) is 0. The first-order valence-electron chi connectivity index (χ1n) is 12.3. The summed E-state index contributed by atoms with van der Waals surface area (Å²) in [6, 6.07) is 30.3. The first-order valence-corrected chi connectivity index (χ1v) is 16.4. The molecule has 0 amide bonds. The SMILES string of the molecule is Cl.Cl.[CH2]=[Ti]([O]c1cccc(C(C)(C)C)c1)([C]1=C(C)C(C)=C(C)C1C)([c]1ccccc1)[c]1ccccc1. The Morgan fingerprint density at radius 1 is 0.722 bits per heavy atom. The van der Waals surface area contributed by atoms with E-state index in [4.69, 9.17) is 8.14 Å². The molecule has 36 heavy (non-hydrogen) atoms. The Morgan fingerprint density at radius 3 is 1.64 bits per heavy atom. The van der Waals surface area contributed by atoms with Crippen molar-refractivity contribution >= 4 is 37.4 Å². The van der Waals surface area contributed by atoms with Crippen molar-refractivity contribution in [1.82, 2.24) is 0 Å². The summed E-state index contributed by atoms with van der Waals surface area (Å²) in [5, 5.41) is 0. The zero-order valence-corrected chi connectivity index (χ0v) is 25.8. The minimum absolute atomic E-state index is 0. The van der Waals surface area contributed by atoms with Gasteiger partial charge in [0, 0.05) is 0 Å². The normalized spacial score (nSPS) is 16.4. The van der Waals surface area contributed by atoms with Crippen molar-refractivity contribution in [3.63, 3.8) is 0 Å². The second-order valence-electron chi connectivity index (χ2n) is 11.0. The molecule has 0 heterocycles. The molecule has 0 spiro atoms. The van der Waals surface area contributed by atoms with Gasteiger partial charge >= 0.3 is 208 Å². The molecule has 0 aliphatic heterocycles. The van der Waals surface area contributed by atoms with Crippen LogP contribution in [0.25, 0.3) is 0 Å². The van der Waals surface area contributed by atoms with Gasteiger partial charge in [0.1, 0.15) is 0 Å². The molecule has 192 valence electrons. The Bertz CT molecular complexity index is 1300. The van der Waals surface area contributed by atoms with Crippen LogP contribution < -0.4 is 11.1 Å². The Morgan fingerprint density at radius 2 is 1.22 bits per heavy atom. The first kappa shape index (κ1) is 30.3. The predicted octanol–water partition coefficient (Wildman–Crippen LogP) is 8.15. The van der Waals surface area contributed by atoms with Gasteiger partial charge in [0.25, 0.3) is 0 Å². The molecule has 1 nitrogen and oxygen atoms in total. The molecule has 4 rings (SSSR count). The molecule has 1 unspecified atom stereocenters. The first-order chi connectivity index (χ1) is 16.0. The molecular weight excluding hydrogens is 519 g/mol. The summed E-state index contributed by atoms with van der Waals surface area (Å²) >= 11 is -4.57. The molecule has 0 saturated carbocycles. The van der Waals surface area contributed by atoms with Crippen molar-refractivity contribution in [2.24, 2.45) is 5.92 Å². The molecule has 0 fully saturated rings. The molecule has 0 bridgehead atoms. The number of hydrogen-bond acceptors (Lipinski definition) is 1. The Kier molecular flexibility index (Phi) is 9.13. The van der Waals surface area contributed by atoms with Gasteiger partial charge < -0.3 is 0 Å². The fourth-order valence-electron chi connectivity index (χ4n) is 5.74. The van der Waals surface area contributed by atoms with Crippen molar-refractivity contribution in [2.45, 2.75) is 53.9 Å². The van der Waals surface area contributed by atoms with E-state index in [-0.39, 0.29) is 36.1 Å². The molecule has 3 aromatic carbocycles. The van der Waals surface area contributed by atoms with Gasteiger partial charge in [-0.15, -0.1) is 24.8 Å². The van der Waals surface area contributed by atoms with Crippen LogP contribution in [0.15, 0.2) is 106 Å². The van der Waals surface area contributed by atoms with E-state index in [1.54, 1.807) is 0 Å². The van der Waals surface area contributed by atoms with Gasteiger partial charge in [-0.2, -0.15) is 0 Å². The third-order valence-corrected chi connectivity index (χ3v) is 17.0. The number of hydrogen-bond donors (Lipinski definition) is 0. The van der Waals surface area contributed by atoms with E-state index in [0.717, 1.165) is 5.75 Å². The van der Waals surface area contributed by atoms with Crippen LogP contribution in [-0.2, 0) is 20.6 Å². The summed E-state index contributed by atoms with van der Waals surface area (Å²) < 4.78 is 11.3. The van der Waals surface area contributed by atoms with Gasteiger partial charge in [-0.1, -0.05) is 0 Å². The van der Waals surface area contributed by atoms with Crippen LogP contribution in [0.4, 0.5) is 0 Å². The Hall–Kier alpha value is -1.90. The molecule has 0 saturated heterocycles. The number of allylic oxidation sites excluding steroid dienone is 4. The van der Waals surface area contributed by atoms with Crippen molar-refractivity contribution < 1.29 is 18.5 Å². The second kappa shape index (κ2) is 10.8. The number of halogens is 2. The van der Waals surface area contributed by atoms with Crippen LogP contribution in [-0.4, -0.2) is 4.82 Å². The van der Waals surface area contributed by atoms with Gasteiger partial charge in [-0.25, -0.2) is 0 Å². The fraction of sp³-hybridized carbons (Fsp3) is 0.281. The maximum absolute atomic E-state index is 7.52. The predicted molar refractivity (Wildman–Crippen MR) is 160 cm³/mol. The van der Waals surface area contributed by atoms with E-state index in [1.165, 1.54) is 33.9 Å². The van der Waals surface area contributed by atoms with Crippen LogP contribution in [0.1, 0.15) is 54.0 Å². The summed E-state index contributed by atoms with van der Waals surface area (Å²) in [7, 11) is 0. The summed E-state index contributed by atoms with van der Waals surface area (Å²) in [6.45, 7) is 15.9. The Balaban J connectivity index is 0.00000228. The number of rotatable bonds is 5. The van der Waals surface area contributed by atoms with Gasteiger partial charge in [0.05, 0.1) is 0 Å². The van der Waals surface area contributed by atoms with Gasteiger partial charge in [0.2, 0.25) is 0 Å². The fourth-order valence-corrected chi connectivity index (χ4v) is 14.9. The van der Waals surface area contributed by atoms with Gasteiger partial charge in [-0.05, 0) is 0 Å². The van der Waals surface area contributed by atoms with Crippen LogP contribution >= 0.6 is 24.8 Å². The molecule has 0 N–H and O–H groups in total. The van der Waals surface area contributed by atoms with Crippen LogP contribution in [0.5, 0.6) is 5.75 Å². The molecule has 1 atom stereocenters. The van der Waals surface area contributed by atoms with E-state index in [0.29, 0.717) is 0 Å². The standard InChI is InChI=1S/C10H14O.C9H13.2C6H5.CH2.2ClH.Ti/c1-10(2,3)8-5-4-6-9(11)7-8;1-6-5-7(2)9(4)8(6)3;2*1-2-4-6-5-3-1;;;;/h4-7,11H,1-3H3;6H,1-4H3;2*1-5H;1H2;2*1H;/q;;;;;;;+1/p-1. The molecular formula is C32H40Cl2OTi. The quantitative estimate of drug-likeness (QED) is 0.287. The van der Waals surface area contributed by atoms with E-state index < -0.39 is 15.2 Å². The summed E-state index contributed by atoms with van der Waals surface area (Å²) in [4.78, 5) is 5.27. The molecule has 0 aromatic heterocycles. The number of benzene rings is 3. The summed E-state index contributed by atoms with van der Waals surface area (Å²) in [5.41, 5.74) is 5.44. The second-order valence-corrected chi connectivity index (χ2v) is 18.2. The maximum atomic E-state index is 7.52. The third-order valence-electron chi connectivity index (χ3n) is 8.02. The molecule has 1 aliphatic rings. The van der Waals surface area contributed by atoms with Gasteiger partial charge in [0.15, 0.2) is 0 Å².